The quantitative estimate of drug-likeness (QED) is 0.385. The number of benzene rings is 3. The Kier molecular flexibility index (Phi) is 3.16. The molecule has 0 saturated heterocycles. The lowest BCUT2D eigenvalue weighted by molar-refractivity contribution is 0.628. The molecule has 3 heteroatoms. The molecule has 1 aromatic heterocycles. The fraction of sp³-hybridized carbons (Fsp3) is 0. The normalized spacial score (nSPS) is 11.2. The van der Waals surface area contributed by atoms with Gasteiger partial charge in [0.25, 0.3) is 0 Å². The summed E-state index contributed by atoms with van der Waals surface area (Å²) in [6.45, 7) is 0. The van der Waals surface area contributed by atoms with Crippen molar-refractivity contribution in [2.24, 2.45) is 0 Å². The van der Waals surface area contributed by atoms with E-state index in [-0.39, 0.29) is 5.82 Å². The van der Waals surface area contributed by atoms with E-state index in [2.05, 4.69) is 28.1 Å². The summed E-state index contributed by atoms with van der Waals surface area (Å²) in [7, 11) is 0. The van der Waals surface area contributed by atoms with E-state index in [1.165, 1.54) is 12.1 Å². The summed E-state index contributed by atoms with van der Waals surface area (Å²) in [4.78, 5) is 4.73. The van der Waals surface area contributed by atoms with Crippen molar-refractivity contribution in [3.63, 3.8) is 0 Å². The summed E-state index contributed by atoms with van der Waals surface area (Å²) in [6, 6.07) is 20.7. The molecule has 0 unspecified atom stereocenters. The first-order valence-corrected chi connectivity index (χ1v) is 7.75. The third-order valence-corrected chi connectivity index (χ3v) is 4.27. The largest absolute Gasteiger partial charge is 0.248 e. The minimum atomic E-state index is -0.229. The summed E-state index contributed by atoms with van der Waals surface area (Å²) < 4.78 is 14.3. The average Bonchev–Trinajstić information content (AvgIpc) is 2.54. The van der Waals surface area contributed by atoms with Crippen molar-refractivity contribution in [3.05, 3.63) is 77.0 Å². The fourth-order valence-electron chi connectivity index (χ4n) is 2.79. The molecule has 0 atom stereocenters. The van der Waals surface area contributed by atoms with Gasteiger partial charge in [0.1, 0.15) is 5.82 Å². The summed E-state index contributed by atoms with van der Waals surface area (Å²) in [5.74, 6) is -0.229. The molecule has 3 aromatic carbocycles. The van der Waals surface area contributed by atoms with Crippen LogP contribution in [0.1, 0.15) is 0 Å². The van der Waals surface area contributed by atoms with Crippen LogP contribution in [0.2, 0.25) is 0 Å². The first-order chi connectivity index (χ1) is 10.7. The van der Waals surface area contributed by atoms with Crippen molar-refractivity contribution in [1.82, 2.24) is 4.98 Å². The molecule has 1 nitrogen and oxygen atoms in total. The monoisotopic (exact) mass is 351 g/mol. The summed E-state index contributed by atoms with van der Waals surface area (Å²) in [6.07, 6.45) is 0. The number of aromatic nitrogens is 1. The molecule has 0 fully saturated rings. The highest BCUT2D eigenvalue weighted by Crippen LogP contribution is 2.35. The molecule has 0 spiro atoms. The van der Waals surface area contributed by atoms with Crippen LogP contribution in [0, 0.1) is 5.82 Å². The number of fused-ring (bicyclic) bond motifs is 2. The third-order valence-electron chi connectivity index (χ3n) is 3.78. The van der Waals surface area contributed by atoms with Gasteiger partial charge in [0, 0.05) is 20.8 Å². The molecule has 0 N–H and O–H groups in total. The van der Waals surface area contributed by atoms with Crippen LogP contribution in [0.15, 0.2) is 71.2 Å². The highest BCUT2D eigenvalue weighted by molar-refractivity contribution is 9.10. The Balaban J connectivity index is 2.19. The Morgan fingerprint density at radius 3 is 2.32 bits per heavy atom. The molecule has 106 valence electrons. The van der Waals surface area contributed by atoms with E-state index in [1.54, 1.807) is 0 Å². The second-order valence-corrected chi connectivity index (χ2v) is 6.09. The zero-order valence-electron chi connectivity index (χ0n) is 11.6. The maximum Gasteiger partial charge on any atom is 0.123 e. The molecular weight excluding hydrogens is 341 g/mol. The SMILES string of the molecule is Fc1ccc(-c2c3ccccc3nc3ccc(Br)cc23)cc1. The van der Waals surface area contributed by atoms with Gasteiger partial charge in [0.15, 0.2) is 0 Å². The predicted octanol–water partition coefficient (Wildman–Crippen LogP) is 5.96. The summed E-state index contributed by atoms with van der Waals surface area (Å²) >= 11 is 3.53. The predicted molar refractivity (Wildman–Crippen MR) is 92.3 cm³/mol. The molecule has 0 aliphatic carbocycles. The van der Waals surface area contributed by atoms with Gasteiger partial charge in [-0.3, -0.25) is 0 Å². The standard InChI is InChI=1S/C19H11BrFN/c20-13-7-10-18-16(11-13)19(12-5-8-14(21)9-6-12)15-3-1-2-4-17(15)22-18/h1-11H. The molecule has 4 aromatic rings. The van der Waals surface area contributed by atoms with E-state index in [0.29, 0.717) is 0 Å². The van der Waals surface area contributed by atoms with Gasteiger partial charge >= 0.3 is 0 Å². The van der Waals surface area contributed by atoms with Gasteiger partial charge in [0.05, 0.1) is 11.0 Å². The van der Waals surface area contributed by atoms with Crippen LogP contribution in [0.5, 0.6) is 0 Å². The number of hydrogen-bond acceptors (Lipinski definition) is 1. The van der Waals surface area contributed by atoms with Crippen LogP contribution >= 0.6 is 15.9 Å². The minimum absolute atomic E-state index is 0.229. The molecule has 4 rings (SSSR count). The van der Waals surface area contributed by atoms with Gasteiger partial charge in [-0.1, -0.05) is 46.3 Å². The highest BCUT2D eigenvalue weighted by Gasteiger charge is 2.11. The maximum absolute atomic E-state index is 13.3. The first kappa shape index (κ1) is 13.4. The van der Waals surface area contributed by atoms with Crippen LogP contribution in [-0.4, -0.2) is 4.98 Å². The lowest BCUT2D eigenvalue weighted by atomic mass is 9.96. The molecular formula is C19H11BrFN. The zero-order valence-corrected chi connectivity index (χ0v) is 13.1. The molecule has 0 radical (unpaired) electrons. The highest BCUT2D eigenvalue weighted by atomic mass is 79.9. The number of para-hydroxylation sites is 1. The van der Waals surface area contributed by atoms with Crippen molar-refractivity contribution >= 4 is 37.7 Å². The van der Waals surface area contributed by atoms with Gasteiger partial charge in [-0.2, -0.15) is 0 Å². The lowest BCUT2D eigenvalue weighted by Gasteiger charge is -2.11. The second-order valence-electron chi connectivity index (χ2n) is 5.17. The summed E-state index contributed by atoms with van der Waals surface area (Å²) in [5, 5.41) is 2.12. The zero-order chi connectivity index (χ0) is 15.1. The molecule has 0 amide bonds. The Bertz CT molecular complexity index is 993. The number of halogens is 2. The Morgan fingerprint density at radius 1 is 0.773 bits per heavy atom. The Hall–Kier alpha value is -2.26. The van der Waals surface area contributed by atoms with Gasteiger partial charge in [-0.25, -0.2) is 9.37 Å². The van der Waals surface area contributed by atoms with Gasteiger partial charge < -0.3 is 0 Å². The van der Waals surface area contributed by atoms with E-state index in [0.717, 1.165) is 37.4 Å². The number of rotatable bonds is 1. The van der Waals surface area contributed by atoms with Crippen molar-refractivity contribution in [2.75, 3.05) is 0 Å². The van der Waals surface area contributed by atoms with Crippen molar-refractivity contribution < 1.29 is 4.39 Å². The van der Waals surface area contributed by atoms with Crippen molar-refractivity contribution in [1.29, 1.82) is 0 Å². The van der Waals surface area contributed by atoms with Gasteiger partial charge in [-0.05, 0) is 42.0 Å². The van der Waals surface area contributed by atoms with E-state index in [9.17, 15) is 4.39 Å². The van der Waals surface area contributed by atoms with E-state index in [4.69, 9.17) is 4.98 Å². The Morgan fingerprint density at radius 2 is 1.50 bits per heavy atom. The molecule has 0 aliphatic heterocycles. The van der Waals surface area contributed by atoms with Gasteiger partial charge in [0.2, 0.25) is 0 Å². The lowest BCUT2D eigenvalue weighted by Crippen LogP contribution is -1.89. The second kappa shape index (κ2) is 5.18. The van der Waals surface area contributed by atoms with Crippen LogP contribution in [0.3, 0.4) is 0 Å². The fourth-order valence-corrected chi connectivity index (χ4v) is 3.15. The van der Waals surface area contributed by atoms with Gasteiger partial charge in [-0.15, -0.1) is 0 Å². The molecule has 1 heterocycles. The Labute approximate surface area is 135 Å². The van der Waals surface area contributed by atoms with Crippen molar-refractivity contribution in [2.45, 2.75) is 0 Å². The first-order valence-electron chi connectivity index (χ1n) is 6.96. The van der Waals surface area contributed by atoms with Crippen LogP contribution in [0.4, 0.5) is 4.39 Å². The molecule has 0 bridgehead atoms. The number of nitrogens with zero attached hydrogens (tertiary/aromatic N) is 1. The molecule has 22 heavy (non-hydrogen) atoms. The summed E-state index contributed by atoms with van der Waals surface area (Å²) in [5.41, 5.74) is 3.95. The number of pyridine rings is 1. The topological polar surface area (TPSA) is 12.9 Å². The smallest absolute Gasteiger partial charge is 0.123 e. The van der Waals surface area contributed by atoms with Crippen LogP contribution in [-0.2, 0) is 0 Å². The van der Waals surface area contributed by atoms with Crippen molar-refractivity contribution in [3.8, 4) is 11.1 Å². The van der Waals surface area contributed by atoms with Crippen LogP contribution in [0.25, 0.3) is 32.9 Å². The molecule has 0 saturated carbocycles. The average molecular weight is 352 g/mol. The van der Waals surface area contributed by atoms with E-state index < -0.39 is 0 Å². The maximum atomic E-state index is 13.3. The third kappa shape index (κ3) is 2.18. The van der Waals surface area contributed by atoms with Crippen LogP contribution < -0.4 is 0 Å². The number of hydrogen-bond donors (Lipinski definition) is 0. The van der Waals surface area contributed by atoms with E-state index >= 15 is 0 Å². The molecule has 0 aliphatic rings. The minimum Gasteiger partial charge on any atom is -0.248 e. The van der Waals surface area contributed by atoms with E-state index in [1.807, 2.05) is 42.5 Å².